The maximum atomic E-state index is 15.5. The summed E-state index contributed by atoms with van der Waals surface area (Å²) in [7, 11) is 0. The van der Waals surface area contributed by atoms with E-state index in [2.05, 4.69) is 73.7 Å². The predicted molar refractivity (Wildman–Crippen MR) is 211 cm³/mol. The molecule has 278 valence electrons. The third-order valence-electron chi connectivity index (χ3n) is 12.2. The molecule has 4 aromatic rings. The molecule has 14 nitrogen and oxygen atoms in total. The second-order valence-electron chi connectivity index (χ2n) is 14.8. The van der Waals surface area contributed by atoms with E-state index in [0.717, 1.165) is 22.3 Å². The molecule has 55 heavy (non-hydrogen) atoms. The fraction of sp³-hybridized carbons (Fsp3) is 0.297. The number of aromatic nitrogens is 2. The Labute approximate surface area is 347 Å². The van der Waals surface area contributed by atoms with Crippen LogP contribution in [-0.4, -0.2) is 99.5 Å². The lowest BCUT2D eigenvalue weighted by Gasteiger charge is -2.54. The van der Waals surface area contributed by atoms with Crippen molar-refractivity contribution in [3.8, 4) is 0 Å². The molecule has 1 unspecified atom stereocenters. The molecular formula is C37H28Br4N10O4. The first kappa shape index (κ1) is 34.0. The van der Waals surface area contributed by atoms with E-state index in [1.807, 2.05) is 48.5 Å². The molecule has 1 aliphatic carbocycles. The second-order valence-corrected chi connectivity index (χ2v) is 18.1. The number of carbonyl (C=O) groups is 4. The summed E-state index contributed by atoms with van der Waals surface area (Å²) in [4.78, 5) is 79.9. The fourth-order valence-corrected chi connectivity index (χ4v) is 11.3. The number of carbonyl (C=O) groups excluding carboxylic acids is 4. The minimum Gasteiger partial charge on any atom is -0.344 e. The summed E-state index contributed by atoms with van der Waals surface area (Å²) < 4.78 is 2.55. The highest BCUT2D eigenvalue weighted by Gasteiger charge is 2.80. The van der Waals surface area contributed by atoms with Crippen LogP contribution in [0.2, 0.25) is 0 Å². The minimum absolute atomic E-state index is 0.131. The van der Waals surface area contributed by atoms with Crippen LogP contribution >= 0.6 is 63.7 Å². The monoisotopic (exact) mass is 992 g/mol. The summed E-state index contributed by atoms with van der Waals surface area (Å²) in [6.45, 7) is 1.32. The molecule has 8 heterocycles. The van der Waals surface area contributed by atoms with Gasteiger partial charge in [0.15, 0.2) is 5.54 Å². The molecule has 5 atom stereocenters. The molecule has 4 amide bonds. The number of nitrogens with one attached hydrogen (secondary N) is 2. The number of halogens is 4. The number of hydrogen-bond acceptors (Lipinski definition) is 8. The lowest BCUT2D eigenvalue weighted by Crippen LogP contribution is -2.72. The van der Waals surface area contributed by atoms with Gasteiger partial charge in [-0.1, -0.05) is 48.5 Å². The molecule has 11 rings (SSSR count). The maximum absolute atomic E-state index is 15.5. The smallest absolute Gasteiger partial charge is 0.289 e. The van der Waals surface area contributed by atoms with Crippen molar-refractivity contribution in [2.24, 2.45) is 21.8 Å². The van der Waals surface area contributed by atoms with Gasteiger partial charge in [-0.15, -0.1) is 0 Å². The number of aliphatic imine (C=N–C) groups is 2. The molecule has 2 aromatic carbocycles. The minimum atomic E-state index is -1.34. The van der Waals surface area contributed by atoms with E-state index in [-0.39, 0.29) is 49.7 Å². The number of fused-ring (bicyclic) bond motifs is 11. The van der Waals surface area contributed by atoms with E-state index < -0.39 is 29.5 Å². The Hall–Kier alpha value is -4.26. The molecule has 7 aliphatic rings. The summed E-state index contributed by atoms with van der Waals surface area (Å²) in [6.07, 6.45) is 0.266. The van der Waals surface area contributed by atoms with Gasteiger partial charge >= 0.3 is 0 Å². The van der Waals surface area contributed by atoms with E-state index in [4.69, 9.17) is 9.98 Å². The van der Waals surface area contributed by atoms with E-state index in [9.17, 15) is 9.59 Å². The van der Waals surface area contributed by atoms with Gasteiger partial charge in [-0.05, 0) is 98.1 Å². The molecule has 1 spiro atoms. The van der Waals surface area contributed by atoms with Crippen molar-refractivity contribution in [2.45, 2.75) is 50.2 Å². The Bertz CT molecular complexity index is 2460. The summed E-state index contributed by atoms with van der Waals surface area (Å²) in [5.74, 6) is -1.49. The summed E-state index contributed by atoms with van der Waals surface area (Å²) in [5, 5.41) is 6.82. The molecule has 5 fully saturated rings. The van der Waals surface area contributed by atoms with Crippen LogP contribution in [0.5, 0.6) is 0 Å². The van der Waals surface area contributed by atoms with Crippen LogP contribution in [0.25, 0.3) is 0 Å². The molecule has 2 N–H and O–H groups in total. The molecule has 18 heteroatoms. The van der Waals surface area contributed by atoms with Gasteiger partial charge in [-0.25, -0.2) is 30.0 Å². The maximum Gasteiger partial charge on any atom is 0.289 e. The third kappa shape index (κ3) is 4.50. The number of rotatable bonds is 2. The zero-order valence-electron chi connectivity index (χ0n) is 28.5. The van der Waals surface area contributed by atoms with Gasteiger partial charge < -0.3 is 9.97 Å². The van der Waals surface area contributed by atoms with E-state index in [1.165, 1.54) is 0 Å². The highest BCUT2D eigenvalue weighted by atomic mass is 79.9. The second kappa shape index (κ2) is 11.9. The Kier molecular flexibility index (Phi) is 7.35. The molecule has 2 aromatic heterocycles. The van der Waals surface area contributed by atoms with Gasteiger partial charge in [-0.3, -0.25) is 29.0 Å². The molecule has 1 saturated carbocycles. The van der Waals surface area contributed by atoms with Crippen molar-refractivity contribution in [1.82, 2.24) is 39.8 Å². The van der Waals surface area contributed by atoms with Gasteiger partial charge in [0.2, 0.25) is 11.9 Å². The van der Waals surface area contributed by atoms with Crippen LogP contribution in [0.1, 0.15) is 49.7 Å². The summed E-state index contributed by atoms with van der Waals surface area (Å²) >= 11 is 14.0. The Morgan fingerprint density at radius 1 is 0.745 bits per heavy atom. The van der Waals surface area contributed by atoms with Crippen molar-refractivity contribution in [3.05, 3.63) is 112 Å². The standard InChI is InChI=1S/C37H28Br4N10O4/c38-22-9-24(44-29(22)40)31(52)48-16-21-26-11-37(27(21)28-33(54)46-14-19-7-3-1-5-17(19)12-42-35(46)50(28)48)34(55)47-15-20-8-4-2-6-18(20)13-43-36(47)51(37)49(26)32(53)25-10-23(39)30(41)45-25/h1-10,21,26-28,44-45H,11-16H2/t21-,26-,27+,28?,37+/m1/s1. The lowest BCUT2D eigenvalue weighted by atomic mass is 9.74. The van der Waals surface area contributed by atoms with Crippen molar-refractivity contribution in [1.29, 1.82) is 0 Å². The van der Waals surface area contributed by atoms with Crippen molar-refractivity contribution in [3.63, 3.8) is 0 Å². The lowest BCUT2D eigenvalue weighted by molar-refractivity contribution is -0.161. The first-order valence-corrected chi connectivity index (χ1v) is 20.9. The van der Waals surface area contributed by atoms with Crippen LogP contribution < -0.4 is 0 Å². The number of H-pyrrole nitrogens is 2. The highest BCUT2D eigenvalue weighted by molar-refractivity contribution is 9.13. The predicted octanol–water partition coefficient (Wildman–Crippen LogP) is 5.37. The van der Waals surface area contributed by atoms with E-state index in [0.29, 0.717) is 54.5 Å². The number of aromatic amines is 2. The van der Waals surface area contributed by atoms with Crippen molar-refractivity contribution < 1.29 is 19.2 Å². The normalized spacial score (nSPS) is 27.1. The number of guanidine groups is 2. The average Bonchev–Trinajstić information content (AvgIpc) is 3.94. The van der Waals surface area contributed by atoms with Crippen LogP contribution in [0.15, 0.2) is 88.8 Å². The van der Waals surface area contributed by atoms with E-state index >= 15 is 9.59 Å². The number of amides is 4. The van der Waals surface area contributed by atoms with Gasteiger partial charge in [-0.2, -0.15) is 0 Å². The molecule has 2 bridgehead atoms. The number of hydrazine groups is 2. The largest absolute Gasteiger partial charge is 0.344 e. The molecule has 0 radical (unpaired) electrons. The molecule has 4 saturated heterocycles. The van der Waals surface area contributed by atoms with Gasteiger partial charge in [0.1, 0.15) is 17.4 Å². The number of benzene rings is 2. The fourth-order valence-electron chi connectivity index (χ4n) is 9.97. The Morgan fingerprint density at radius 2 is 1.31 bits per heavy atom. The van der Waals surface area contributed by atoms with Crippen LogP contribution in [0, 0.1) is 11.8 Å². The van der Waals surface area contributed by atoms with Crippen LogP contribution in [0.4, 0.5) is 0 Å². The quantitative estimate of drug-likeness (QED) is 0.277. The first-order chi connectivity index (χ1) is 26.6. The first-order valence-electron chi connectivity index (χ1n) is 17.8. The molecular weight excluding hydrogens is 968 g/mol. The van der Waals surface area contributed by atoms with Crippen LogP contribution in [0.3, 0.4) is 0 Å². The Balaban J connectivity index is 1.09. The van der Waals surface area contributed by atoms with Gasteiger partial charge in [0, 0.05) is 24.8 Å². The highest BCUT2D eigenvalue weighted by Crippen LogP contribution is 2.62. The Morgan fingerprint density at radius 3 is 1.91 bits per heavy atom. The van der Waals surface area contributed by atoms with Crippen LogP contribution in [-0.2, 0) is 35.8 Å². The average molecular weight is 996 g/mol. The summed E-state index contributed by atoms with van der Waals surface area (Å²) in [5.41, 5.74) is 3.20. The van der Waals surface area contributed by atoms with Crippen molar-refractivity contribution in [2.75, 3.05) is 6.54 Å². The van der Waals surface area contributed by atoms with Crippen molar-refractivity contribution >= 4 is 99.3 Å². The zero-order valence-corrected chi connectivity index (χ0v) is 34.9. The zero-order chi connectivity index (χ0) is 37.7. The SMILES string of the molecule is O=C1C2[C@@H]3[C@H](CN(C(=O)c4cc(Br)c(Br)[nH]4)N2C2=NCc4ccccc4CN12)[C@H]1C[C@@]32C(=O)N3Cc4ccccc4CN=C3N2N1C(=O)c1cc(Br)c(Br)[nH]1. The third-order valence-corrected chi connectivity index (χ3v) is 15.8. The topological polar surface area (TPSA) is 144 Å². The number of hydrogen-bond donors (Lipinski definition) is 2. The van der Waals surface area contributed by atoms with E-state index in [1.54, 1.807) is 42.0 Å². The van der Waals surface area contributed by atoms with Gasteiger partial charge in [0.05, 0.1) is 50.4 Å². The summed E-state index contributed by atoms with van der Waals surface area (Å²) in [6, 6.07) is 17.7. The van der Waals surface area contributed by atoms with Gasteiger partial charge in [0.25, 0.3) is 23.6 Å². The number of nitrogens with zero attached hydrogens (tertiary/aromatic N) is 8. The molecule has 6 aliphatic heterocycles.